The van der Waals surface area contributed by atoms with Crippen LogP contribution >= 0.6 is 11.3 Å². The van der Waals surface area contributed by atoms with E-state index >= 15 is 0 Å². The summed E-state index contributed by atoms with van der Waals surface area (Å²) >= 11 is 1.64. The van der Waals surface area contributed by atoms with E-state index in [0.717, 1.165) is 22.4 Å². The van der Waals surface area contributed by atoms with Gasteiger partial charge in [0.15, 0.2) is 0 Å². The number of nitrogens with one attached hydrogen (secondary N) is 1. The Morgan fingerprint density at radius 3 is 2.64 bits per heavy atom. The number of benzene rings is 2. The average Bonchev–Trinajstić information content (AvgIpc) is 3.22. The van der Waals surface area contributed by atoms with E-state index in [4.69, 9.17) is 10.6 Å². The fourth-order valence-electron chi connectivity index (χ4n) is 2.48. The Morgan fingerprint density at radius 2 is 1.96 bits per heavy atom. The number of rotatable bonds is 8. The van der Waals surface area contributed by atoms with Crippen molar-refractivity contribution in [3.05, 3.63) is 76.6 Å². The van der Waals surface area contributed by atoms with Crippen LogP contribution in [0.3, 0.4) is 0 Å². The number of nitrogens with zero attached hydrogens (tertiary/aromatic N) is 1. The molecule has 143 valence electrons. The summed E-state index contributed by atoms with van der Waals surface area (Å²) in [4.78, 5) is 18.9. The third kappa shape index (κ3) is 6.22. The van der Waals surface area contributed by atoms with Crippen molar-refractivity contribution in [2.45, 2.75) is 20.0 Å². The summed E-state index contributed by atoms with van der Waals surface area (Å²) in [6.07, 6.45) is 0.954. The summed E-state index contributed by atoms with van der Waals surface area (Å²) in [5, 5.41) is 4.92. The van der Waals surface area contributed by atoms with Crippen LogP contribution in [0, 0.1) is 0 Å². The fourth-order valence-corrected chi connectivity index (χ4v) is 3.21. The summed E-state index contributed by atoms with van der Waals surface area (Å²) in [5.41, 5.74) is 13.7. The van der Waals surface area contributed by atoms with Crippen molar-refractivity contribution in [3.8, 4) is 10.4 Å². The van der Waals surface area contributed by atoms with E-state index in [1.807, 2.05) is 54.8 Å². The molecular weight excluding hydrogens is 447 g/mol. The second-order valence-corrected chi connectivity index (χ2v) is 7.00. The summed E-state index contributed by atoms with van der Waals surface area (Å²) in [6.45, 7) is 3.13. The van der Waals surface area contributed by atoms with Crippen molar-refractivity contribution in [2.24, 2.45) is 0 Å². The van der Waals surface area contributed by atoms with Crippen LogP contribution in [0.25, 0.3) is 15.9 Å². The molecule has 28 heavy (non-hydrogen) atoms. The van der Waals surface area contributed by atoms with E-state index < -0.39 is 0 Å². The normalized spacial score (nSPS) is 10.3. The average molecular weight is 469 g/mol. The van der Waals surface area contributed by atoms with E-state index in [9.17, 15) is 4.79 Å². The molecule has 1 amide bonds. The van der Waals surface area contributed by atoms with Gasteiger partial charge in [-0.05, 0) is 46.8 Å². The van der Waals surface area contributed by atoms with Crippen molar-refractivity contribution >= 4 is 28.6 Å². The molecule has 0 fully saturated rings. The molecular formula is C21H22N3O2SY-. The zero-order valence-electron chi connectivity index (χ0n) is 15.7. The van der Waals surface area contributed by atoms with Gasteiger partial charge in [0.2, 0.25) is 0 Å². The number of nitrogens with two attached hydrogens (primary N) is 1. The van der Waals surface area contributed by atoms with Crippen LogP contribution in [0.15, 0.2) is 60.0 Å². The number of anilines is 2. The summed E-state index contributed by atoms with van der Waals surface area (Å²) < 4.78 is 0. The van der Waals surface area contributed by atoms with Crippen LogP contribution in [-0.4, -0.2) is 12.5 Å². The quantitative estimate of drug-likeness (QED) is 0.261. The Hall–Kier alpha value is -1.57. The van der Waals surface area contributed by atoms with E-state index in [1.54, 1.807) is 23.5 Å². The van der Waals surface area contributed by atoms with Gasteiger partial charge in [-0.1, -0.05) is 37.6 Å². The maximum Gasteiger partial charge on any atom is 0.255 e. The molecule has 0 spiro atoms. The van der Waals surface area contributed by atoms with E-state index in [0.29, 0.717) is 30.1 Å². The number of carbonyl (C=O) groups excluding carboxylic acids is 1. The molecule has 1 heterocycles. The van der Waals surface area contributed by atoms with Crippen molar-refractivity contribution in [1.82, 2.24) is 0 Å². The Morgan fingerprint density at radius 1 is 1.18 bits per heavy atom. The van der Waals surface area contributed by atoms with Gasteiger partial charge >= 0.3 is 0 Å². The first-order chi connectivity index (χ1) is 13.2. The number of thiophene rings is 1. The number of amides is 1. The van der Waals surface area contributed by atoms with E-state index in [1.165, 1.54) is 0 Å². The number of hydroxylamine groups is 1. The topological polar surface area (TPSA) is 78.5 Å². The van der Waals surface area contributed by atoms with Gasteiger partial charge in [-0.2, -0.15) is 0 Å². The third-order valence-electron chi connectivity index (χ3n) is 3.96. The minimum absolute atomic E-state index is 0. The van der Waals surface area contributed by atoms with Crippen LogP contribution in [0.1, 0.15) is 29.3 Å². The van der Waals surface area contributed by atoms with Gasteiger partial charge in [0, 0.05) is 43.1 Å². The first kappa shape index (κ1) is 22.7. The second kappa shape index (κ2) is 11.4. The molecule has 1 radical (unpaired) electrons. The molecule has 0 bridgehead atoms. The zero-order valence-corrected chi connectivity index (χ0v) is 19.4. The van der Waals surface area contributed by atoms with Crippen molar-refractivity contribution < 1.29 is 42.3 Å². The Kier molecular flexibility index (Phi) is 9.28. The molecule has 0 aliphatic rings. The van der Waals surface area contributed by atoms with Gasteiger partial charge in [0.05, 0.1) is 18.0 Å². The number of hydrogen-bond donors (Lipinski definition) is 2. The van der Waals surface area contributed by atoms with Gasteiger partial charge in [-0.25, -0.2) is 0 Å². The summed E-state index contributed by atoms with van der Waals surface area (Å²) in [5.74, 6) is -0.201. The molecule has 0 saturated heterocycles. The van der Waals surface area contributed by atoms with Crippen molar-refractivity contribution in [1.29, 1.82) is 0 Å². The summed E-state index contributed by atoms with van der Waals surface area (Å²) in [7, 11) is 0. The number of carbonyl (C=O) groups is 1. The molecule has 5 nitrogen and oxygen atoms in total. The molecule has 0 atom stereocenters. The van der Waals surface area contributed by atoms with Gasteiger partial charge in [0.25, 0.3) is 5.91 Å². The van der Waals surface area contributed by atoms with Gasteiger partial charge in [0.1, 0.15) is 0 Å². The SMILES string of the molecule is CCC[N-]OCc1ccc(C(=O)Nc2cc(-c3cccs3)ccc2N)cc1.[Y]. The third-order valence-corrected chi connectivity index (χ3v) is 4.88. The van der Waals surface area contributed by atoms with Crippen LogP contribution in [0.4, 0.5) is 11.4 Å². The van der Waals surface area contributed by atoms with Gasteiger partial charge in [-0.15, -0.1) is 17.9 Å². The predicted octanol–water partition coefficient (Wildman–Crippen LogP) is 5.46. The molecule has 7 heteroatoms. The first-order valence-corrected chi connectivity index (χ1v) is 9.68. The second-order valence-electron chi connectivity index (χ2n) is 6.06. The smallest absolute Gasteiger partial charge is 0.255 e. The van der Waals surface area contributed by atoms with Crippen molar-refractivity contribution in [2.75, 3.05) is 17.6 Å². The van der Waals surface area contributed by atoms with E-state index in [-0.39, 0.29) is 38.6 Å². The molecule has 3 N–H and O–H groups in total. The monoisotopic (exact) mass is 469 g/mol. The molecule has 1 aromatic heterocycles. The van der Waals surface area contributed by atoms with Gasteiger partial charge in [-0.3, -0.25) is 4.79 Å². The number of nitrogen functional groups attached to an aromatic ring is 1. The largest absolute Gasteiger partial charge is 0.534 e. The summed E-state index contributed by atoms with van der Waals surface area (Å²) in [6, 6.07) is 17.0. The molecule has 0 aliphatic heterocycles. The van der Waals surface area contributed by atoms with Crippen LogP contribution < -0.4 is 11.1 Å². The minimum Gasteiger partial charge on any atom is -0.534 e. The molecule has 3 aromatic rings. The molecule has 2 aromatic carbocycles. The predicted molar refractivity (Wildman–Crippen MR) is 112 cm³/mol. The molecule has 0 saturated carbocycles. The maximum absolute atomic E-state index is 12.6. The van der Waals surface area contributed by atoms with Crippen LogP contribution in [0.5, 0.6) is 0 Å². The zero-order chi connectivity index (χ0) is 19.1. The Labute approximate surface area is 194 Å². The molecule has 0 unspecified atom stereocenters. The Bertz CT molecular complexity index is 883. The van der Waals surface area contributed by atoms with Crippen molar-refractivity contribution in [3.63, 3.8) is 0 Å². The van der Waals surface area contributed by atoms with Crippen LogP contribution in [0.2, 0.25) is 0 Å². The number of hydrogen-bond acceptors (Lipinski definition) is 4. The standard InChI is InChI=1S/C21H22N3O2S.Y/c1-2-11-23-26-14-15-5-7-16(8-6-15)21(25)24-19-13-17(9-10-18(19)22)20-4-3-12-27-20;/h3-10,12-13H,2,11,14,22H2,1H3,(H,24,25);/q-1;. The minimum atomic E-state index is -0.201. The molecule has 0 aliphatic carbocycles. The fraction of sp³-hybridized carbons (Fsp3) is 0.190. The first-order valence-electron chi connectivity index (χ1n) is 8.80. The Balaban J connectivity index is 0.00000280. The molecule has 3 rings (SSSR count). The van der Waals surface area contributed by atoms with E-state index in [2.05, 4.69) is 10.8 Å². The van der Waals surface area contributed by atoms with Gasteiger partial charge < -0.3 is 21.4 Å². The maximum atomic E-state index is 12.6. The van der Waals surface area contributed by atoms with Crippen LogP contribution in [-0.2, 0) is 44.2 Å².